The van der Waals surface area contributed by atoms with Crippen LogP contribution in [0.2, 0.25) is 0 Å². The average molecular weight is 883 g/mol. The Kier molecular flexibility index (Phi) is 28.1. The van der Waals surface area contributed by atoms with Crippen molar-refractivity contribution in [2.24, 2.45) is 23.6 Å². The molecule has 0 bridgehead atoms. The Morgan fingerprint density at radius 3 is 1.85 bits per heavy atom. The van der Waals surface area contributed by atoms with Gasteiger partial charge in [0.15, 0.2) is 12.4 Å². The quantitative estimate of drug-likeness (QED) is 0.0379. The molecule has 53 heavy (non-hydrogen) atoms. The fourth-order valence-electron chi connectivity index (χ4n) is 4.51. The van der Waals surface area contributed by atoms with Gasteiger partial charge in [0.05, 0.1) is 18.4 Å². The monoisotopic (exact) mass is 880 g/mol. The number of hydrogen-bond donors (Lipinski definition) is 5. The molecule has 0 aromatic carbocycles. The Balaban J connectivity index is 0. The van der Waals surface area contributed by atoms with Crippen molar-refractivity contribution in [3.05, 3.63) is 30.6 Å². The number of alkyl carbamates (subject to hydrolysis) is 1. The summed E-state index contributed by atoms with van der Waals surface area (Å²) in [5, 5.41) is 8.79. The van der Waals surface area contributed by atoms with Crippen molar-refractivity contribution in [1.29, 1.82) is 0 Å². The highest BCUT2D eigenvalue weighted by Crippen LogP contribution is 2.06. The fourth-order valence-corrected chi connectivity index (χ4v) is 4.63. The van der Waals surface area contributed by atoms with Gasteiger partial charge in [0.1, 0.15) is 5.60 Å². The van der Waals surface area contributed by atoms with Gasteiger partial charge < -0.3 is 27.0 Å². The van der Waals surface area contributed by atoms with Crippen molar-refractivity contribution in [3.8, 4) is 0 Å². The molecule has 0 unspecified atom stereocenters. The van der Waals surface area contributed by atoms with Gasteiger partial charge in [0.25, 0.3) is 11.8 Å². The molecule has 0 saturated heterocycles. The van der Waals surface area contributed by atoms with Crippen LogP contribution in [-0.2, 0) is 30.5 Å². The van der Waals surface area contributed by atoms with Crippen LogP contribution in [0.1, 0.15) is 75.2 Å². The molecule has 0 aliphatic carbocycles. The number of aromatic nitrogens is 1. The maximum atomic E-state index is 12.6. The number of carbonyl (C=O) groups excluding carboxylic acids is 5. The van der Waals surface area contributed by atoms with Crippen LogP contribution in [0.25, 0.3) is 0 Å². The number of nitrogens with two attached hydrogens (primary N) is 1. The molecule has 1 aromatic heterocycles. The number of amides is 5. The molecular weight excluding hydrogens is 816 g/mol. The molecule has 5 amide bonds. The number of ether oxygens (including phenoxy) is 1. The lowest BCUT2D eigenvalue weighted by molar-refractivity contribution is -0.684. The Morgan fingerprint density at radius 1 is 0.792 bits per heavy atom. The van der Waals surface area contributed by atoms with Crippen molar-refractivity contribution in [2.75, 3.05) is 58.2 Å². The normalized spacial score (nSPS) is 11.1. The lowest BCUT2D eigenvalue weighted by Gasteiger charge is -2.28. The molecule has 0 saturated carbocycles. The third kappa shape index (κ3) is 28.2. The van der Waals surface area contributed by atoms with Crippen LogP contribution in [0.5, 0.6) is 0 Å². The van der Waals surface area contributed by atoms with Gasteiger partial charge in [-0.1, -0.05) is 63.5 Å². The van der Waals surface area contributed by atoms with E-state index in [4.69, 9.17) is 10.6 Å². The van der Waals surface area contributed by atoms with Crippen LogP contribution >= 0.6 is 15.9 Å². The highest BCUT2D eigenvalue weighted by Gasteiger charge is 2.22. The van der Waals surface area contributed by atoms with Gasteiger partial charge >= 0.3 is 12.0 Å². The molecule has 0 aliphatic rings. The van der Waals surface area contributed by atoms with Crippen molar-refractivity contribution < 1.29 is 50.3 Å². The van der Waals surface area contributed by atoms with Gasteiger partial charge in [-0.15, -0.1) is 0 Å². The standard InChI is InChI=1S/C18H36BrN5O4.C17H29N5O2.BrH/c1-14(2)12-23(20-6)13-16(26)24(22-15(25)11-19)10-8-7-9-21-17(27)28-18(3,4)5;1-14(2)10-21(18)13-17(24)22(11-15(3)4)19-16(23)12-20-8-6-5-7-9-20;/h14,20H,7-13H2,1-6H3,(H,21,27)(H,22,25);5-9,14-15H,10-13,18H2,1-4H3;1H. The van der Waals surface area contributed by atoms with Crippen LogP contribution in [0.4, 0.5) is 4.79 Å². The van der Waals surface area contributed by atoms with Gasteiger partial charge in [-0.3, -0.25) is 51.3 Å². The lowest BCUT2D eigenvalue weighted by atomic mass is 10.2. The summed E-state index contributed by atoms with van der Waals surface area (Å²) in [6.45, 7) is 20.5. The molecule has 0 atom stereocenters. The molecule has 6 N–H and O–H groups in total. The van der Waals surface area contributed by atoms with Crippen LogP contribution in [0.15, 0.2) is 30.6 Å². The first-order valence-corrected chi connectivity index (χ1v) is 19.0. The van der Waals surface area contributed by atoms with Gasteiger partial charge in [-0.2, -0.15) is 4.57 Å². The van der Waals surface area contributed by atoms with E-state index in [0.717, 1.165) is 0 Å². The van der Waals surface area contributed by atoms with E-state index in [1.54, 1.807) is 44.8 Å². The van der Waals surface area contributed by atoms with Crippen molar-refractivity contribution >= 4 is 45.7 Å². The first-order valence-electron chi connectivity index (χ1n) is 17.8. The van der Waals surface area contributed by atoms with Gasteiger partial charge in [0, 0.05) is 44.9 Å². The van der Waals surface area contributed by atoms with E-state index in [9.17, 15) is 24.0 Å². The predicted octanol–water partition coefficient (Wildman–Crippen LogP) is -1.04. The molecule has 0 radical (unpaired) electrons. The van der Waals surface area contributed by atoms with Crippen LogP contribution in [-0.4, -0.2) is 114 Å². The maximum absolute atomic E-state index is 12.6. The van der Waals surface area contributed by atoms with Gasteiger partial charge in [0.2, 0.25) is 12.5 Å². The molecule has 16 nitrogen and oxygen atoms in total. The number of hydrazine groups is 4. The number of alkyl halides is 1. The minimum absolute atomic E-state index is 0. The molecule has 18 heteroatoms. The third-order valence-corrected chi connectivity index (χ3v) is 7.05. The van der Waals surface area contributed by atoms with Crippen molar-refractivity contribution in [2.45, 2.75) is 87.3 Å². The smallest absolute Gasteiger partial charge is 0.407 e. The number of unbranched alkanes of at least 4 members (excludes halogenated alkanes) is 1. The summed E-state index contributed by atoms with van der Waals surface area (Å²) in [5.74, 6) is 5.91. The lowest BCUT2D eigenvalue weighted by Crippen LogP contribution is -3.00. The minimum atomic E-state index is -0.539. The summed E-state index contributed by atoms with van der Waals surface area (Å²) in [6, 6.07) is 5.58. The number of hydrogen-bond acceptors (Lipinski definition) is 10. The average Bonchev–Trinajstić information content (AvgIpc) is 3.02. The minimum Gasteiger partial charge on any atom is -1.00 e. The second kappa shape index (κ2) is 28.5. The Hall–Kier alpha value is -2.90. The largest absolute Gasteiger partial charge is 1.00 e. The van der Waals surface area contributed by atoms with E-state index in [1.807, 2.05) is 50.9 Å². The molecule has 0 aliphatic heterocycles. The van der Waals surface area contributed by atoms with Crippen molar-refractivity contribution in [1.82, 2.24) is 41.6 Å². The third-order valence-electron chi connectivity index (χ3n) is 6.54. The van der Waals surface area contributed by atoms with E-state index in [0.29, 0.717) is 57.4 Å². The molecule has 0 spiro atoms. The molecule has 0 fully saturated rings. The second-order valence-electron chi connectivity index (χ2n) is 14.7. The Morgan fingerprint density at radius 2 is 1.34 bits per heavy atom. The molecule has 1 heterocycles. The summed E-state index contributed by atoms with van der Waals surface area (Å²) < 4.78 is 6.92. The summed E-state index contributed by atoms with van der Waals surface area (Å²) in [5.41, 5.74) is 7.77. The highest BCUT2D eigenvalue weighted by atomic mass is 79.9. The summed E-state index contributed by atoms with van der Waals surface area (Å²) in [4.78, 5) is 60.6. The number of nitrogens with one attached hydrogen (secondary N) is 4. The number of nitrogens with zero attached hydrogens (tertiary/aromatic N) is 5. The Bertz CT molecular complexity index is 1210. The first kappa shape index (κ1) is 52.2. The zero-order valence-electron chi connectivity index (χ0n) is 33.4. The van der Waals surface area contributed by atoms with Crippen LogP contribution in [0.3, 0.4) is 0 Å². The number of halogens is 2. The molecule has 1 aromatic rings. The second-order valence-corrected chi connectivity index (χ2v) is 15.2. The fraction of sp³-hybridized carbons (Fsp3) is 0.714. The number of pyridine rings is 1. The van der Waals surface area contributed by atoms with Crippen molar-refractivity contribution in [3.63, 3.8) is 0 Å². The van der Waals surface area contributed by atoms with E-state index in [2.05, 4.69) is 51.4 Å². The summed E-state index contributed by atoms with van der Waals surface area (Å²) >= 11 is 3.09. The van der Waals surface area contributed by atoms with Crippen LogP contribution in [0, 0.1) is 17.8 Å². The van der Waals surface area contributed by atoms with Gasteiger partial charge in [-0.25, -0.2) is 14.8 Å². The molecule has 1 rings (SSSR count). The van der Waals surface area contributed by atoms with E-state index in [-0.39, 0.29) is 71.5 Å². The van der Waals surface area contributed by atoms with Crippen LogP contribution < -0.4 is 49.0 Å². The first-order chi connectivity index (χ1) is 24.3. The maximum Gasteiger partial charge on any atom is 0.407 e. The van der Waals surface area contributed by atoms with E-state index in [1.165, 1.54) is 15.0 Å². The highest BCUT2D eigenvalue weighted by molar-refractivity contribution is 9.09. The Labute approximate surface area is 336 Å². The summed E-state index contributed by atoms with van der Waals surface area (Å²) in [6.07, 6.45) is 4.41. The zero-order chi connectivity index (χ0) is 39.9. The zero-order valence-corrected chi connectivity index (χ0v) is 36.6. The molecular formula is C35H66Br2N10O6. The number of carbonyl (C=O) groups is 5. The number of rotatable bonds is 19. The summed E-state index contributed by atoms with van der Waals surface area (Å²) in [7, 11) is 1.76. The van der Waals surface area contributed by atoms with E-state index >= 15 is 0 Å². The SMILES string of the molecule is CC(C)CN(N)CC(=O)N(CC(C)C)NC(=O)C[n+]1ccccc1.CNN(CC(=O)N(CCCCNC(=O)OC(C)(C)C)NC(=O)CBr)CC(C)C.[Br-]. The molecule has 306 valence electrons. The van der Waals surface area contributed by atoms with Gasteiger partial charge in [-0.05, 0) is 58.4 Å². The predicted molar refractivity (Wildman–Crippen MR) is 205 cm³/mol. The topological polar surface area (TPSA) is 186 Å². The van der Waals surface area contributed by atoms with E-state index < -0.39 is 11.7 Å².